The van der Waals surface area contributed by atoms with E-state index in [1.54, 1.807) is 11.3 Å². The van der Waals surface area contributed by atoms with Gasteiger partial charge in [0.15, 0.2) is 0 Å². The van der Waals surface area contributed by atoms with Crippen LogP contribution in [0.4, 0.5) is 0 Å². The minimum atomic E-state index is 0.115. The van der Waals surface area contributed by atoms with Gasteiger partial charge in [-0.15, -0.1) is 11.3 Å². The summed E-state index contributed by atoms with van der Waals surface area (Å²) in [6, 6.07) is 2.03. The molecule has 2 aromatic rings. The average molecular weight is 306 g/mol. The molecular weight excluding hydrogens is 280 g/mol. The van der Waals surface area contributed by atoms with Crippen molar-refractivity contribution in [1.82, 2.24) is 20.1 Å². The predicted octanol–water partition coefficient (Wildman–Crippen LogP) is 3.63. The Kier molecular flexibility index (Phi) is 4.84. The monoisotopic (exact) mass is 306 g/mol. The van der Waals surface area contributed by atoms with E-state index in [9.17, 15) is 0 Å². The quantitative estimate of drug-likeness (QED) is 0.917. The molecule has 116 valence electrons. The Hall–Kier alpha value is -1.20. The van der Waals surface area contributed by atoms with Crippen LogP contribution in [0.5, 0.6) is 0 Å². The molecule has 0 atom stereocenters. The van der Waals surface area contributed by atoms with Gasteiger partial charge in [-0.25, -0.2) is 4.98 Å². The van der Waals surface area contributed by atoms with Gasteiger partial charge >= 0.3 is 0 Å². The van der Waals surface area contributed by atoms with Gasteiger partial charge in [0, 0.05) is 30.2 Å². The van der Waals surface area contributed by atoms with Crippen LogP contribution in [-0.4, -0.2) is 20.3 Å². The molecule has 0 radical (unpaired) electrons. The first-order chi connectivity index (χ1) is 9.74. The molecule has 0 aliphatic rings. The molecule has 2 rings (SSSR count). The molecule has 0 fully saturated rings. The fourth-order valence-electron chi connectivity index (χ4n) is 2.05. The highest BCUT2D eigenvalue weighted by Gasteiger charge is 2.17. The number of thiazole rings is 1. The summed E-state index contributed by atoms with van der Waals surface area (Å²) in [5.41, 5.74) is 2.30. The summed E-state index contributed by atoms with van der Waals surface area (Å²) in [6.45, 7) is 11.9. The van der Waals surface area contributed by atoms with Gasteiger partial charge in [0.25, 0.3) is 0 Å². The zero-order valence-corrected chi connectivity index (χ0v) is 14.7. The van der Waals surface area contributed by atoms with Gasteiger partial charge in [-0.1, -0.05) is 13.8 Å². The number of rotatable bonds is 5. The summed E-state index contributed by atoms with van der Waals surface area (Å²) in [5, 5.41) is 9.06. The Morgan fingerprint density at radius 3 is 2.57 bits per heavy atom. The maximum Gasteiger partial charge on any atom is 0.144 e. The van der Waals surface area contributed by atoms with Crippen molar-refractivity contribution in [2.75, 3.05) is 0 Å². The third-order valence-corrected chi connectivity index (χ3v) is 4.21. The van der Waals surface area contributed by atoms with Crippen LogP contribution in [0.3, 0.4) is 0 Å². The fourth-order valence-corrected chi connectivity index (χ4v) is 3.05. The molecule has 0 aromatic carbocycles. The number of aryl methyl sites for hydroxylation is 1. The minimum absolute atomic E-state index is 0.115. The van der Waals surface area contributed by atoms with Gasteiger partial charge in [-0.05, 0) is 39.2 Å². The molecule has 0 aliphatic carbocycles. The molecule has 0 amide bonds. The third-order valence-electron chi connectivity index (χ3n) is 3.09. The van der Waals surface area contributed by atoms with Gasteiger partial charge in [-0.2, -0.15) is 5.10 Å². The Morgan fingerprint density at radius 1 is 1.33 bits per heavy atom. The van der Waals surface area contributed by atoms with Crippen molar-refractivity contribution >= 4 is 11.3 Å². The number of hydrogen-bond acceptors (Lipinski definition) is 4. The molecule has 2 aromatic heterocycles. The lowest BCUT2D eigenvalue weighted by Gasteiger charge is -2.20. The van der Waals surface area contributed by atoms with E-state index in [0.717, 1.165) is 23.7 Å². The van der Waals surface area contributed by atoms with Gasteiger partial charge in [0.05, 0.1) is 5.69 Å². The topological polar surface area (TPSA) is 42.7 Å². The van der Waals surface area contributed by atoms with Crippen LogP contribution in [0, 0.1) is 5.92 Å². The lowest BCUT2D eigenvalue weighted by molar-refractivity contribution is 0.425. The van der Waals surface area contributed by atoms with Gasteiger partial charge in [0.2, 0.25) is 0 Å². The van der Waals surface area contributed by atoms with E-state index >= 15 is 0 Å². The lowest BCUT2D eigenvalue weighted by Crippen LogP contribution is -2.35. The maximum atomic E-state index is 4.84. The molecule has 1 N–H and O–H groups in total. The first kappa shape index (κ1) is 16.2. The molecule has 21 heavy (non-hydrogen) atoms. The van der Waals surface area contributed by atoms with Crippen molar-refractivity contribution in [3.8, 4) is 10.7 Å². The average Bonchev–Trinajstić information content (AvgIpc) is 2.91. The van der Waals surface area contributed by atoms with E-state index in [1.807, 2.05) is 24.0 Å². The van der Waals surface area contributed by atoms with Crippen LogP contribution in [0.2, 0.25) is 0 Å². The van der Waals surface area contributed by atoms with Crippen molar-refractivity contribution in [3.05, 3.63) is 22.8 Å². The van der Waals surface area contributed by atoms with Crippen molar-refractivity contribution in [1.29, 1.82) is 0 Å². The summed E-state index contributed by atoms with van der Waals surface area (Å²) in [6.07, 6.45) is 2.98. The van der Waals surface area contributed by atoms with Gasteiger partial charge in [-0.3, -0.25) is 4.68 Å². The number of aromatic nitrogens is 3. The second-order valence-corrected chi connectivity index (χ2v) is 8.05. The Labute approximate surface area is 131 Å². The number of nitrogens with one attached hydrogen (secondary N) is 1. The SMILES string of the molecule is CC(C)Cc1nc(-c2ccn(C)n2)sc1CNC(C)(C)C. The first-order valence-electron chi connectivity index (χ1n) is 7.48. The molecule has 0 spiro atoms. The summed E-state index contributed by atoms with van der Waals surface area (Å²) in [5.74, 6) is 0.608. The van der Waals surface area contributed by atoms with Crippen molar-refractivity contribution in [3.63, 3.8) is 0 Å². The summed E-state index contributed by atoms with van der Waals surface area (Å²) in [4.78, 5) is 6.17. The van der Waals surface area contributed by atoms with E-state index in [-0.39, 0.29) is 5.54 Å². The maximum absolute atomic E-state index is 4.84. The molecule has 0 bridgehead atoms. The Morgan fingerprint density at radius 2 is 2.05 bits per heavy atom. The Balaban J connectivity index is 2.26. The van der Waals surface area contributed by atoms with E-state index < -0.39 is 0 Å². The van der Waals surface area contributed by atoms with E-state index in [4.69, 9.17) is 4.98 Å². The number of nitrogens with zero attached hydrogens (tertiary/aromatic N) is 3. The summed E-state index contributed by atoms with van der Waals surface area (Å²) in [7, 11) is 1.94. The summed E-state index contributed by atoms with van der Waals surface area (Å²) >= 11 is 1.76. The van der Waals surface area contributed by atoms with Crippen LogP contribution in [0.1, 0.15) is 45.2 Å². The van der Waals surface area contributed by atoms with E-state index in [2.05, 4.69) is 45.0 Å². The van der Waals surface area contributed by atoms with Gasteiger partial charge in [0.1, 0.15) is 10.7 Å². The molecular formula is C16H26N4S. The van der Waals surface area contributed by atoms with Crippen molar-refractivity contribution in [2.45, 2.75) is 53.1 Å². The summed E-state index contributed by atoms with van der Waals surface area (Å²) < 4.78 is 1.83. The standard InChI is InChI=1S/C16H26N4S/c1-11(2)9-13-14(10-17-16(3,4)5)21-15(18-13)12-7-8-20(6)19-12/h7-8,11,17H,9-10H2,1-6H3. The third kappa shape index (κ3) is 4.64. The highest BCUT2D eigenvalue weighted by molar-refractivity contribution is 7.15. The molecule has 5 heteroatoms. The minimum Gasteiger partial charge on any atom is -0.307 e. The second kappa shape index (κ2) is 6.28. The van der Waals surface area contributed by atoms with Crippen LogP contribution in [0.15, 0.2) is 12.3 Å². The molecule has 0 saturated carbocycles. The number of hydrogen-bond donors (Lipinski definition) is 1. The second-order valence-electron chi connectivity index (χ2n) is 6.97. The highest BCUT2D eigenvalue weighted by atomic mass is 32.1. The molecule has 4 nitrogen and oxygen atoms in total. The van der Waals surface area contributed by atoms with Crippen LogP contribution < -0.4 is 5.32 Å². The zero-order chi connectivity index (χ0) is 15.6. The van der Waals surface area contributed by atoms with Crippen molar-refractivity contribution < 1.29 is 0 Å². The Bertz CT molecular complexity index is 590. The molecule has 0 saturated heterocycles. The predicted molar refractivity (Wildman–Crippen MR) is 89.5 cm³/mol. The molecule has 0 aliphatic heterocycles. The molecule has 2 heterocycles. The smallest absolute Gasteiger partial charge is 0.144 e. The van der Waals surface area contributed by atoms with Crippen LogP contribution >= 0.6 is 11.3 Å². The lowest BCUT2D eigenvalue weighted by atomic mass is 10.1. The molecule has 0 unspecified atom stereocenters. The normalized spacial score (nSPS) is 12.3. The fraction of sp³-hybridized carbons (Fsp3) is 0.625. The zero-order valence-electron chi connectivity index (χ0n) is 13.9. The van der Waals surface area contributed by atoms with Crippen LogP contribution in [-0.2, 0) is 20.0 Å². The van der Waals surface area contributed by atoms with Crippen molar-refractivity contribution in [2.24, 2.45) is 13.0 Å². The van der Waals surface area contributed by atoms with Gasteiger partial charge < -0.3 is 5.32 Å². The van der Waals surface area contributed by atoms with E-state index in [0.29, 0.717) is 5.92 Å². The highest BCUT2D eigenvalue weighted by Crippen LogP contribution is 2.28. The largest absolute Gasteiger partial charge is 0.307 e. The van der Waals surface area contributed by atoms with E-state index in [1.165, 1.54) is 10.6 Å². The van der Waals surface area contributed by atoms with Crippen LogP contribution in [0.25, 0.3) is 10.7 Å². The first-order valence-corrected chi connectivity index (χ1v) is 8.30.